The summed E-state index contributed by atoms with van der Waals surface area (Å²) < 4.78 is 32.2. The van der Waals surface area contributed by atoms with E-state index in [4.69, 9.17) is 23.1 Å². The highest BCUT2D eigenvalue weighted by Gasteiger charge is 2.48. The van der Waals surface area contributed by atoms with Crippen LogP contribution in [0.25, 0.3) is 0 Å². The Labute approximate surface area is 289 Å². The Bertz CT molecular complexity index is 1140. The Morgan fingerprint density at radius 1 is 0.915 bits per heavy atom. The van der Waals surface area contributed by atoms with E-state index in [0.29, 0.717) is 32.3 Å². The van der Waals surface area contributed by atoms with Gasteiger partial charge in [-0.1, -0.05) is 80.5 Å². The lowest BCUT2D eigenvalue weighted by Crippen LogP contribution is -2.50. The topological polar surface area (TPSA) is 80.3 Å². The molecular formula is C38H68O7Si2. The fourth-order valence-corrected chi connectivity index (χ4v) is 9.65. The van der Waals surface area contributed by atoms with Crippen LogP contribution in [0, 0.1) is 17.8 Å². The first-order chi connectivity index (χ1) is 21.6. The van der Waals surface area contributed by atoms with Gasteiger partial charge in [-0.2, -0.15) is 0 Å². The van der Waals surface area contributed by atoms with Crippen molar-refractivity contribution < 1.29 is 32.7 Å². The zero-order valence-corrected chi connectivity index (χ0v) is 34.3. The second kappa shape index (κ2) is 15.3. The van der Waals surface area contributed by atoms with Gasteiger partial charge < -0.3 is 23.1 Å². The molecule has 0 aromatic carbocycles. The van der Waals surface area contributed by atoms with E-state index in [2.05, 4.69) is 92.9 Å². The molecule has 0 aromatic heterocycles. The van der Waals surface area contributed by atoms with Crippen LogP contribution in [0.15, 0.2) is 23.8 Å². The number of carbonyl (C=O) groups excluding carboxylic acids is 2. The van der Waals surface area contributed by atoms with Crippen molar-refractivity contribution in [2.45, 2.75) is 180 Å². The van der Waals surface area contributed by atoms with Gasteiger partial charge in [0.2, 0.25) is 0 Å². The van der Waals surface area contributed by atoms with Gasteiger partial charge in [0.25, 0.3) is 0 Å². The second-order valence-corrected chi connectivity index (χ2v) is 26.9. The lowest BCUT2D eigenvalue weighted by molar-refractivity contribution is -0.184. The highest BCUT2D eigenvalue weighted by atomic mass is 28.4. The van der Waals surface area contributed by atoms with Crippen molar-refractivity contribution in [3.63, 3.8) is 0 Å². The van der Waals surface area contributed by atoms with Crippen LogP contribution in [0.1, 0.15) is 114 Å². The van der Waals surface area contributed by atoms with E-state index in [0.717, 1.165) is 19.3 Å². The molecule has 7 atom stereocenters. The zero-order valence-electron chi connectivity index (χ0n) is 32.3. The number of esters is 2. The predicted octanol–water partition coefficient (Wildman–Crippen LogP) is 9.53. The number of allylic oxidation sites excluding steroid dienone is 2. The molecule has 0 amide bonds. The summed E-state index contributed by atoms with van der Waals surface area (Å²) in [5.74, 6) is 0.106. The molecule has 1 saturated heterocycles. The third-order valence-corrected chi connectivity index (χ3v) is 21.1. The number of carbonyl (C=O) groups is 2. The second-order valence-electron chi connectivity index (χ2n) is 17.4. The number of cyclic esters (lactones) is 1. The number of ether oxygens (including phenoxy) is 3. The highest BCUT2D eigenvalue weighted by molar-refractivity contribution is 6.74. The Balaban J connectivity index is 1.89. The zero-order chi connectivity index (χ0) is 35.6. The minimum Gasteiger partial charge on any atom is -0.462 e. The predicted molar refractivity (Wildman–Crippen MR) is 195 cm³/mol. The first-order valence-electron chi connectivity index (χ1n) is 18.4. The van der Waals surface area contributed by atoms with Gasteiger partial charge in [0.1, 0.15) is 12.2 Å². The largest absolute Gasteiger partial charge is 0.462 e. The minimum absolute atomic E-state index is 0.0322. The quantitative estimate of drug-likeness (QED) is 0.141. The van der Waals surface area contributed by atoms with E-state index >= 15 is 0 Å². The van der Waals surface area contributed by atoms with Crippen molar-refractivity contribution in [3.05, 3.63) is 23.8 Å². The molecule has 1 fully saturated rings. The lowest BCUT2D eigenvalue weighted by Gasteiger charge is -2.47. The first-order valence-corrected chi connectivity index (χ1v) is 24.2. The van der Waals surface area contributed by atoms with Gasteiger partial charge in [-0.05, 0) is 86.3 Å². The molecule has 1 aliphatic heterocycles. The molecule has 0 N–H and O–H groups in total. The van der Waals surface area contributed by atoms with Crippen molar-refractivity contribution in [2.24, 2.45) is 17.8 Å². The van der Waals surface area contributed by atoms with E-state index in [1.54, 1.807) is 0 Å². The molecule has 3 rings (SSSR count). The molecule has 1 heterocycles. The van der Waals surface area contributed by atoms with Crippen LogP contribution in [0.5, 0.6) is 0 Å². The van der Waals surface area contributed by atoms with Crippen molar-refractivity contribution in [3.8, 4) is 0 Å². The van der Waals surface area contributed by atoms with Gasteiger partial charge in [-0.25, -0.2) is 4.79 Å². The summed E-state index contributed by atoms with van der Waals surface area (Å²) in [5.41, 5.74) is 0.239. The molecule has 0 saturated carbocycles. The molecule has 0 bridgehead atoms. The van der Waals surface area contributed by atoms with Gasteiger partial charge >= 0.3 is 11.9 Å². The van der Waals surface area contributed by atoms with Crippen LogP contribution < -0.4 is 0 Å². The van der Waals surface area contributed by atoms with E-state index < -0.39 is 22.2 Å². The molecule has 7 nitrogen and oxygen atoms in total. The molecule has 47 heavy (non-hydrogen) atoms. The van der Waals surface area contributed by atoms with Gasteiger partial charge in [-0.3, -0.25) is 4.79 Å². The Hall–Kier alpha value is -1.27. The smallest absolute Gasteiger partial charge is 0.338 e. The molecule has 0 radical (unpaired) electrons. The summed E-state index contributed by atoms with van der Waals surface area (Å²) >= 11 is 0. The maximum absolute atomic E-state index is 14.0. The molecular weight excluding hydrogens is 625 g/mol. The maximum atomic E-state index is 14.0. The van der Waals surface area contributed by atoms with Gasteiger partial charge in [0.05, 0.1) is 18.6 Å². The normalized spacial score (nSPS) is 29.2. The molecule has 0 spiro atoms. The first kappa shape index (κ1) is 40.2. The van der Waals surface area contributed by atoms with Crippen molar-refractivity contribution in [2.75, 3.05) is 6.61 Å². The molecule has 5 unspecified atom stereocenters. The van der Waals surface area contributed by atoms with Crippen LogP contribution in [-0.4, -0.2) is 65.2 Å². The molecule has 2 aliphatic carbocycles. The number of hydrogen-bond acceptors (Lipinski definition) is 7. The lowest BCUT2D eigenvalue weighted by atomic mass is 9.66. The van der Waals surface area contributed by atoms with Crippen molar-refractivity contribution in [1.82, 2.24) is 0 Å². The number of rotatable bonds is 13. The van der Waals surface area contributed by atoms with Crippen molar-refractivity contribution in [1.29, 1.82) is 0 Å². The minimum atomic E-state index is -2.08. The van der Waals surface area contributed by atoms with Crippen LogP contribution in [-0.2, 0) is 32.7 Å². The fourth-order valence-electron chi connectivity index (χ4n) is 7.01. The number of hydrogen-bond donors (Lipinski definition) is 0. The molecule has 270 valence electrons. The van der Waals surface area contributed by atoms with Crippen LogP contribution in [0.3, 0.4) is 0 Å². The standard InChI is InChI=1S/C38H68O7Si2/c1-15-38(16-2,41-17-3)35(40)43-32-24-29(44-46(11,12)36(5,6)7)22-27-19-18-26(4)31(34(27)32)21-20-28-23-30(25-33(39)42-28)45-47(13,14)37(8,9)10/h18-19,22,26,28-32,34H,15-17,20-21,23-25H2,1-14H3/t26?,28-,29?,30-,31?,32?,34?/m1/s1. The van der Waals surface area contributed by atoms with E-state index in [1.165, 1.54) is 5.57 Å². The SMILES string of the molecule is CCOC(CC)(CC)C(=O)OC1CC(O[Si](C)(C)C(C)(C)C)C=C2C=CC(C)C(CC[C@@H]3C[C@@H](O[Si](C)(C)C(C)(C)C)CC(=O)O3)C21. The third-order valence-electron chi connectivity index (χ3n) is 12.1. The molecule has 9 heteroatoms. The molecule has 3 aliphatic rings. The summed E-state index contributed by atoms with van der Waals surface area (Å²) in [5, 5.41) is 0.136. The van der Waals surface area contributed by atoms with Crippen LogP contribution in [0.2, 0.25) is 36.3 Å². The summed E-state index contributed by atoms with van der Waals surface area (Å²) in [4.78, 5) is 26.8. The molecule has 0 aromatic rings. The van der Waals surface area contributed by atoms with Gasteiger partial charge in [-0.15, -0.1) is 0 Å². The maximum Gasteiger partial charge on any atom is 0.338 e. The monoisotopic (exact) mass is 692 g/mol. The Morgan fingerprint density at radius 3 is 2.06 bits per heavy atom. The summed E-state index contributed by atoms with van der Waals surface area (Å²) in [6.45, 7) is 31.2. The van der Waals surface area contributed by atoms with E-state index in [-0.39, 0.29) is 64.2 Å². The average molecular weight is 693 g/mol. The number of fused-ring (bicyclic) bond motifs is 1. The van der Waals surface area contributed by atoms with Gasteiger partial charge in [0, 0.05) is 25.4 Å². The summed E-state index contributed by atoms with van der Waals surface area (Å²) in [6.07, 6.45) is 10.5. The van der Waals surface area contributed by atoms with Crippen molar-refractivity contribution >= 4 is 28.6 Å². The fraction of sp³-hybridized carbons (Fsp3) is 0.842. The van der Waals surface area contributed by atoms with E-state index in [1.807, 2.05) is 20.8 Å². The Morgan fingerprint density at radius 2 is 1.51 bits per heavy atom. The van der Waals surface area contributed by atoms with E-state index in [9.17, 15) is 9.59 Å². The Kier molecular flexibility index (Phi) is 13.1. The van der Waals surface area contributed by atoms with Crippen LogP contribution in [0.4, 0.5) is 0 Å². The highest BCUT2D eigenvalue weighted by Crippen LogP contribution is 2.47. The average Bonchev–Trinajstić information content (AvgIpc) is 2.93. The van der Waals surface area contributed by atoms with Gasteiger partial charge in [0.15, 0.2) is 22.2 Å². The van der Waals surface area contributed by atoms with Crippen LogP contribution >= 0.6 is 0 Å². The summed E-state index contributed by atoms with van der Waals surface area (Å²) in [7, 11) is -4.11. The summed E-state index contributed by atoms with van der Waals surface area (Å²) in [6, 6.07) is 0. The third kappa shape index (κ3) is 9.50.